The van der Waals surface area contributed by atoms with E-state index in [0.717, 1.165) is 12.2 Å². The van der Waals surface area contributed by atoms with Crippen molar-refractivity contribution in [3.05, 3.63) is 42.7 Å². The highest BCUT2D eigenvalue weighted by Gasteiger charge is 2.31. The van der Waals surface area contributed by atoms with Crippen LogP contribution in [0.15, 0.2) is 42.7 Å². The molecule has 0 bridgehead atoms. The van der Waals surface area contributed by atoms with Gasteiger partial charge in [-0.15, -0.1) is 13.2 Å². The number of hydrogen-bond donors (Lipinski definition) is 2. The zero-order chi connectivity index (χ0) is 15.3. The highest BCUT2D eigenvalue weighted by Crippen LogP contribution is 2.27. The van der Waals surface area contributed by atoms with E-state index in [1.54, 1.807) is 18.5 Å². The maximum absolute atomic E-state index is 12.2. The third kappa shape index (κ3) is 4.87. The lowest BCUT2D eigenvalue weighted by molar-refractivity contribution is -0.274. The molecule has 1 heterocycles. The summed E-state index contributed by atoms with van der Waals surface area (Å²) in [6.07, 6.45) is -1.46. The van der Waals surface area contributed by atoms with Crippen molar-refractivity contribution in [3.63, 3.8) is 0 Å². The summed E-state index contributed by atoms with van der Waals surface area (Å²) in [4.78, 5) is 4.04. The van der Waals surface area contributed by atoms with Crippen LogP contribution in [0.5, 0.6) is 5.75 Å². The van der Waals surface area contributed by atoms with Gasteiger partial charge in [-0.05, 0) is 25.1 Å². The minimum Gasteiger partial charge on any atom is -0.406 e. The van der Waals surface area contributed by atoms with Gasteiger partial charge >= 0.3 is 6.36 Å². The van der Waals surface area contributed by atoms with Gasteiger partial charge in [0.25, 0.3) is 0 Å². The molecule has 0 aliphatic heterocycles. The second-order valence-electron chi connectivity index (χ2n) is 4.19. The molecule has 112 valence electrons. The lowest BCUT2D eigenvalue weighted by atomic mass is 10.3. The van der Waals surface area contributed by atoms with Gasteiger partial charge < -0.3 is 15.4 Å². The number of hydrogen-bond acceptors (Lipinski definition) is 4. The molecule has 4 nitrogen and oxygen atoms in total. The Bertz CT molecular complexity index is 602. The SMILES string of the molecule is CCNc1cncc(Nc2cccc(OC(F)(F)F)c2)c1. The number of pyridine rings is 1. The molecule has 0 radical (unpaired) electrons. The van der Waals surface area contributed by atoms with Crippen molar-refractivity contribution in [1.29, 1.82) is 0 Å². The fourth-order valence-electron chi connectivity index (χ4n) is 1.75. The minimum atomic E-state index is -4.70. The van der Waals surface area contributed by atoms with Crippen LogP contribution in [-0.2, 0) is 0 Å². The molecule has 2 rings (SSSR count). The second-order valence-corrected chi connectivity index (χ2v) is 4.19. The Morgan fingerprint density at radius 1 is 1.10 bits per heavy atom. The summed E-state index contributed by atoms with van der Waals surface area (Å²) in [7, 11) is 0. The molecule has 0 fully saturated rings. The van der Waals surface area contributed by atoms with E-state index < -0.39 is 6.36 Å². The van der Waals surface area contributed by atoms with E-state index in [1.165, 1.54) is 18.2 Å². The first-order valence-corrected chi connectivity index (χ1v) is 6.28. The summed E-state index contributed by atoms with van der Waals surface area (Å²) in [5.74, 6) is -0.275. The fraction of sp³-hybridized carbons (Fsp3) is 0.214. The molecular formula is C14H14F3N3O. The summed E-state index contributed by atoms with van der Waals surface area (Å²) < 4.78 is 40.4. The summed E-state index contributed by atoms with van der Waals surface area (Å²) in [6.45, 7) is 2.71. The van der Waals surface area contributed by atoms with Crippen molar-refractivity contribution in [2.45, 2.75) is 13.3 Å². The molecule has 0 unspecified atom stereocenters. The first-order valence-electron chi connectivity index (χ1n) is 6.28. The van der Waals surface area contributed by atoms with Crippen molar-refractivity contribution in [1.82, 2.24) is 4.98 Å². The van der Waals surface area contributed by atoms with Gasteiger partial charge in [-0.25, -0.2) is 0 Å². The molecule has 2 aromatic rings. The van der Waals surface area contributed by atoms with Crippen LogP contribution >= 0.6 is 0 Å². The summed E-state index contributed by atoms with van der Waals surface area (Å²) in [5, 5.41) is 6.08. The van der Waals surface area contributed by atoms with Gasteiger partial charge in [-0.3, -0.25) is 4.98 Å². The van der Waals surface area contributed by atoms with E-state index in [9.17, 15) is 13.2 Å². The molecule has 0 aliphatic carbocycles. The van der Waals surface area contributed by atoms with Crippen LogP contribution in [0.4, 0.5) is 30.2 Å². The van der Waals surface area contributed by atoms with E-state index in [4.69, 9.17) is 0 Å². The topological polar surface area (TPSA) is 46.2 Å². The number of ether oxygens (including phenoxy) is 1. The molecule has 0 amide bonds. The molecule has 1 aromatic heterocycles. The lowest BCUT2D eigenvalue weighted by Crippen LogP contribution is -2.17. The Labute approximate surface area is 120 Å². The monoisotopic (exact) mass is 297 g/mol. The number of alkyl halides is 3. The number of anilines is 3. The van der Waals surface area contributed by atoms with E-state index in [1.807, 2.05) is 13.0 Å². The second kappa shape index (κ2) is 6.34. The normalized spacial score (nSPS) is 11.0. The van der Waals surface area contributed by atoms with Crippen LogP contribution in [-0.4, -0.2) is 17.9 Å². The number of rotatable bonds is 5. The number of benzene rings is 1. The number of aromatic nitrogens is 1. The van der Waals surface area contributed by atoms with Gasteiger partial charge in [0.1, 0.15) is 5.75 Å². The van der Waals surface area contributed by atoms with E-state index in [2.05, 4.69) is 20.4 Å². The summed E-state index contributed by atoms with van der Waals surface area (Å²) >= 11 is 0. The third-order valence-electron chi connectivity index (χ3n) is 2.48. The predicted octanol–water partition coefficient (Wildman–Crippen LogP) is 4.16. The fourth-order valence-corrected chi connectivity index (χ4v) is 1.75. The molecule has 0 aliphatic rings. The Balaban J connectivity index is 2.12. The molecule has 21 heavy (non-hydrogen) atoms. The van der Waals surface area contributed by atoms with Gasteiger partial charge in [0.05, 0.1) is 23.8 Å². The molecule has 0 spiro atoms. The molecule has 1 aromatic carbocycles. The maximum atomic E-state index is 12.2. The average molecular weight is 297 g/mol. The van der Waals surface area contributed by atoms with Crippen molar-refractivity contribution in [2.75, 3.05) is 17.2 Å². The van der Waals surface area contributed by atoms with E-state index in [0.29, 0.717) is 11.4 Å². The standard InChI is InChI=1S/C14H14F3N3O/c1-2-19-11-6-12(9-18-8-11)20-10-4-3-5-13(7-10)21-14(15,16)17/h3-9,19-20H,2H2,1H3. The number of nitrogens with one attached hydrogen (secondary N) is 2. The predicted molar refractivity (Wildman–Crippen MR) is 74.8 cm³/mol. The van der Waals surface area contributed by atoms with Gasteiger partial charge in [-0.1, -0.05) is 6.07 Å². The van der Waals surface area contributed by atoms with Crippen molar-refractivity contribution in [3.8, 4) is 5.75 Å². The third-order valence-corrected chi connectivity index (χ3v) is 2.48. The molecule has 0 atom stereocenters. The average Bonchev–Trinajstić information content (AvgIpc) is 2.38. The van der Waals surface area contributed by atoms with Crippen molar-refractivity contribution >= 4 is 17.1 Å². The molecule has 0 saturated carbocycles. The molecule has 0 saturated heterocycles. The number of nitrogens with zero attached hydrogens (tertiary/aromatic N) is 1. The zero-order valence-electron chi connectivity index (χ0n) is 11.2. The zero-order valence-corrected chi connectivity index (χ0v) is 11.2. The van der Waals surface area contributed by atoms with Crippen LogP contribution < -0.4 is 15.4 Å². The van der Waals surface area contributed by atoms with Gasteiger partial charge in [0.15, 0.2) is 0 Å². The molecule has 2 N–H and O–H groups in total. The van der Waals surface area contributed by atoms with E-state index >= 15 is 0 Å². The summed E-state index contributed by atoms with van der Waals surface area (Å²) in [6, 6.07) is 7.45. The smallest absolute Gasteiger partial charge is 0.406 e. The van der Waals surface area contributed by atoms with Crippen LogP contribution in [0.3, 0.4) is 0 Å². The highest BCUT2D eigenvalue weighted by molar-refractivity contribution is 5.64. The maximum Gasteiger partial charge on any atom is 0.573 e. The van der Waals surface area contributed by atoms with Gasteiger partial charge in [0, 0.05) is 18.3 Å². The van der Waals surface area contributed by atoms with E-state index in [-0.39, 0.29) is 5.75 Å². The largest absolute Gasteiger partial charge is 0.573 e. The molecule has 7 heteroatoms. The first kappa shape index (κ1) is 15.0. The van der Waals surface area contributed by atoms with Gasteiger partial charge in [0.2, 0.25) is 0 Å². The van der Waals surface area contributed by atoms with Crippen LogP contribution in [0, 0.1) is 0 Å². The van der Waals surface area contributed by atoms with Crippen LogP contribution in [0.25, 0.3) is 0 Å². The Morgan fingerprint density at radius 3 is 2.57 bits per heavy atom. The quantitative estimate of drug-likeness (QED) is 0.870. The van der Waals surface area contributed by atoms with Crippen molar-refractivity contribution in [2.24, 2.45) is 0 Å². The Kier molecular flexibility index (Phi) is 4.52. The van der Waals surface area contributed by atoms with Crippen molar-refractivity contribution < 1.29 is 17.9 Å². The first-order chi connectivity index (χ1) is 9.96. The van der Waals surface area contributed by atoms with Crippen LogP contribution in [0.1, 0.15) is 6.92 Å². The summed E-state index contributed by atoms with van der Waals surface area (Å²) in [5.41, 5.74) is 1.97. The Morgan fingerprint density at radius 2 is 1.86 bits per heavy atom. The van der Waals surface area contributed by atoms with Crippen LogP contribution in [0.2, 0.25) is 0 Å². The minimum absolute atomic E-state index is 0.275. The number of halogens is 3. The Hall–Kier alpha value is -2.44. The molecular weight excluding hydrogens is 283 g/mol. The van der Waals surface area contributed by atoms with Gasteiger partial charge in [-0.2, -0.15) is 0 Å². The lowest BCUT2D eigenvalue weighted by Gasteiger charge is -2.12. The highest BCUT2D eigenvalue weighted by atomic mass is 19.4.